The number of hydrogen-bond donors (Lipinski definition) is 1. The van der Waals surface area contributed by atoms with Gasteiger partial charge in [-0.3, -0.25) is 4.90 Å². The van der Waals surface area contributed by atoms with Crippen LogP contribution in [0.3, 0.4) is 0 Å². The highest BCUT2D eigenvalue weighted by molar-refractivity contribution is 5.90. The van der Waals surface area contributed by atoms with Crippen LogP contribution in [0.25, 0.3) is 11.1 Å². The molecular formula is C22H20FN5O2. The quantitative estimate of drug-likeness (QED) is 0.483. The van der Waals surface area contributed by atoms with E-state index in [4.69, 9.17) is 11.2 Å². The second-order valence-electron chi connectivity index (χ2n) is 6.91. The Kier molecular flexibility index (Phi) is 5.72. The summed E-state index contributed by atoms with van der Waals surface area (Å²) < 4.78 is 21.8. The molecule has 1 aliphatic heterocycles. The van der Waals surface area contributed by atoms with Crippen molar-refractivity contribution in [1.82, 2.24) is 20.3 Å². The SMILES string of the molecule is C#CCNCc1ccc(-c2ccc(N3C[C@H](Cn4ccnn4)OC3=O)cc2F)cc1. The fourth-order valence-electron chi connectivity index (χ4n) is 3.35. The van der Waals surface area contributed by atoms with E-state index in [2.05, 4.69) is 21.5 Å². The minimum atomic E-state index is -0.504. The number of terminal acetylenes is 1. The first-order valence-electron chi connectivity index (χ1n) is 9.49. The van der Waals surface area contributed by atoms with Crippen LogP contribution in [0, 0.1) is 18.2 Å². The van der Waals surface area contributed by atoms with Crippen molar-refractivity contribution in [2.75, 3.05) is 18.0 Å². The summed E-state index contributed by atoms with van der Waals surface area (Å²) in [5, 5.41) is 10.7. The summed E-state index contributed by atoms with van der Waals surface area (Å²) in [5.41, 5.74) is 2.74. The van der Waals surface area contributed by atoms with Crippen LogP contribution < -0.4 is 10.2 Å². The molecule has 0 unspecified atom stereocenters. The smallest absolute Gasteiger partial charge is 0.414 e. The normalized spacial score (nSPS) is 15.8. The highest BCUT2D eigenvalue weighted by Gasteiger charge is 2.33. The Morgan fingerprint density at radius 2 is 2.10 bits per heavy atom. The third kappa shape index (κ3) is 4.31. The molecule has 1 aromatic heterocycles. The number of hydrogen-bond acceptors (Lipinski definition) is 5. The van der Waals surface area contributed by atoms with Crippen LogP contribution in [-0.2, 0) is 17.8 Å². The maximum atomic E-state index is 14.8. The van der Waals surface area contributed by atoms with Crippen LogP contribution in [0.5, 0.6) is 0 Å². The van der Waals surface area contributed by atoms with E-state index in [1.165, 1.54) is 11.0 Å². The Labute approximate surface area is 173 Å². The maximum Gasteiger partial charge on any atom is 0.414 e. The van der Waals surface area contributed by atoms with Crippen LogP contribution in [0.15, 0.2) is 54.9 Å². The average Bonchev–Trinajstić information content (AvgIpc) is 3.38. The van der Waals surface area contributed by atoms with Gasteiger partial charge in [0.25, 0.3) is 0 Å². The Hall–Kier alpha value is -3.70. The van der Waals surface area contributed by atoms with Gasteiger partial charge in [0.05, 0.1) is 31.5 Å². The van der Waals surface area contributed by atoms with Gasteiger partial charge in [-0.05, 0) is 29.3 Å². The monoisotopic (exact) mass is 405 g/mol. The van der Waals surface area contributed by atoms with Crippen molar-refractivity contribution in [2.45, 2.75) is 19.2 Å². The molecule has 1 N–H and O–H groups in total. The first-order valence-corrected chi connectivity index (χ1v) is 9.49. The summed E-state index contributed by atoms with van der Waals surface area (Å²) in [7, 11) is 0. The number of ether oxygens (including phenoxy) is 1. The molecule has 0 bridgehead atoms. The molecule has 4 rings (SSSR count). The van der Waals surface area contributed by atoms with Crippen molar-refractivity contribution >= 4 is 11.8 Å². The first kappa shape index (κ1) is 19.6. The summed E-state index contributed by atoms with van der Waals surface area (Å²) in [5.74, 6) is 2.12. The van der Waals surface area contributed by atoms with Gasteiger partial charge in [0.1, 0.15) is 11.9 Å². The van der Waals surface area contributed by atoms with Crippen molar-refractivity contribution in [3.05, 3.63) is 66.2 Å². The van der Waals surface area contributed by atoms with E-state index in [0.717, 1.165) is 11.1 Å². The molecule has 0 aliphatic carbocycles. The number of benzene rings is 2. The lowest BCUT2D eigenvalue weighted by atomic mass is 10.0. The van der Waals surface area contributed by atoms with Gasteiger partial charge in [0.15, 0.2) is 0 Å². The number of carbonyl (C=O) groups is 1. The molecule has 30 heavy (non-hydrogen) atoms. The van der Waals surface area contributed by atoms with Gasteiger partial charge >= 0.3 is 6.09 Å². The first-order chi connectivity index (χ1) is 14.6. The fourth-order valence-corrected chi connectivity index (χ4v) is 3.35. The third-order valence-corrected chi connectivity index (χ3v) is 4.82. The Morgan fingerprint density at radius 3 is 2.80 bits per heavy atom. The van der Waals surface area contributed by atoms with E-state index >= 15 is 0 Å². The van der Waals surface area contributed by atoms with Crippen molar-refractivity contribution in [3.63, 3.8) is 0 Å². The van der Waals surface area contributed by atoms with Gasteiger partial charge < -0.3 is 10.1 Å². The lowest BCUT2D eigenvalue weighted by Gasteiger charge is -2.14. The van der Waals surface area contributed by atoms with E-state index in [1.807, 2.05) is 24.3 Å². The molecule has 152 valence electrons. The molecule has 1 aliphatic rings. The molecule has 0 radical (unpaired) electrons. The number of amides is 1. The largest absolute Gasteiger partial charge is 0.442 e. The van der Waals surface area contributed by atoms with Crippen LogP contribution in [0.2, 0.25) is 0 Å². The van der Waals surface area contributed by atoms with Gasteiger partial charge in [-0.1, -0.05) is 35.4 Å². The molecular weight excluding hydrogens is 385 g/mol. The lowest BCUT2D eigenvalue weighted by Crippen LogP contribution is -2.26. The molecule has 3 aromatic rings. The summed E-state index contributed by atoms with van der Waals surface area (Å²) in [4.78, 5) is 13.7. The maximum absolute atomic E-state index is 14.8. The number of nitrogens with zero attached hydrogens (tertiary/aromatic N) is 4. The fraction of sp³-hybridized carbons (Fsp3) is 0.227. The Bertz CT molecular complexity index is 1060. The van der Waals surface area contributed by atoms with E-state index < -0.39 is 11.9 Å². The van der Waals surface area contributed by atoms with Crippen LogP contribution >= 0.6 is 0 Å². The minimum absolute atomic E-state index is 0.316. The van der Waals surface area contributed by atoms with Crippen molar-refractivity contribution in [2.24, 2.45) is 0 Å². The Balaban J connectivity index is 1.45. The average molecular weight is 405 g/mol. The topological polar surface area (TPSA) is 72.3 Å². The number of halogens is 1. The van der Waals surface area contributed by atoms with E-state index in [0.29, 0.717) is 37.4 Å². The summed E-state index contributed by atoms with van der Waals surface area (Å²) >= 11 is 0. The highest BCUT2D eigenvalue weighted by Crippen LogP contribution is 2.29. The predicted molar refractivity (Wildman–Crippen MR) is 110 cm³/mol. The standard InChI is InChI=1S/C22H20FN5O2/c1-2-9-24-13-16-3-5-17(6-4-16)20-8-7-18(12-21(20)23)28-15-19(30-22(28)29)14-27-11-10-25-26-27/h1,3-8,10-12,19,24H,9,13-15H2/t19-/m0/s1. The molecule has 1 amide bonds. The minimum Gasteiger partial charge on any atom is -0.442 e. The molecule has 0 saturated carbocycles. The zero-order chi connectivity index (χ0) is 20.9. The van der Waals surface area contributed by atoms with E-state index in [-0.39, 0.29) is 6.10 Å². The van der Waals surface area contributed by atoms with Crippen LogP contribution in [-0.4, -0.2) is 40.3 Å². The van der Waals surface area contributed by atoms with Gasteiger partial charge in [-0.15, -0.1) is 11.5 Å². The van der Waals surface area contributed by atoms with E-state index in [1.54, 1.807) is 29.2 Å². The number of nitrogens with one attached hydrogen (secondary N) is 1. The molecule has 2 heterocycles. The molecule has 1 saturated heterocycles. The number of carbonyl (C=O) groups excluding carboxylic acids is 1. The zero-order valence-electron chi connectivity index (χ0n) is 16.2. The molecule has 1 atom stereocenters. The van der Waals surface area contributed by atoms with E-state index in [9.17, 15) is 9.18 Å². The van der Waals surface area contributed by atoms with Crippen molar-refractivity contribution < 1.29 is 13.9 Å². The molecule has 1 fully saturated rings. The summed E-state index contributed by atoms with van der Waals surface area (Å²) in [6, 6.07) is 12.3. The zero-order valence-corrected chi connectivity index (χ0v) is 16.2. The summed E-state index contributed by atoms with van der Waals surface area (Å²) in [6.45, 7) is 1.86. The summed E-state index contributed by atoms with van der Waals surface area (Å²) in [6.07, 6.45) is 7.59. The third-order valence-electron chi connectivity index (χ3n) is 4.82. The van der Waals surface area contributed by atoms with Gasteiger partial charge in [0, 0.05) is 18.3 Å². The van der Waals surface area contributed by atoms with Crippen molar-refractivity contribution in [1.29, 1.82) is 0 Å². The molecule has 8 heteroatoms. The number of anilines is 1. The second kappa shape index (κ2) is 8.76. The number of rotatable bonds is 7. The van der Waals surface area contributed by atoms with Gasteiger partial charge in [-0.25, -0.2) is 13.9 Å². The predicted octanol–water partition coefficient (Wildman–Crippen LogP) is 2.83. The highest BCUT2D eigenvalue weighted by atomic mass is 19.1. The molecule has 0 spiro atoms. The van der Waals surface area contributed by atoms with Crippen molar-refractivity contribution in [3.8, 4) is 23.5 Å². The van der Waals surface area contributed by atoms with Crippen LogP contribution in [0.4, 0.5) is 14.9 Å². The molecule has 2 aromatic carbocycles. The number of aromatic nitrogens is 3. The van der Waals surface area contributed by atoms with Gasteiger partial charge in [0.2, 0.25) is 0 Å². The van der Waals surface area contributed by atoms with Crippen LogP contribution in [0.1, 0.15) is 5.56 Å². The number of cyclic esters (lactones) is 1. The molecule has 7 nitrogen and oxygen atoms in total. The van der Waals surface area contributed by atoms with Gasteiger partial charge in [-0.2, -0.15) is 0 Å². The lowest BCUT2D eigenvalue weighted by molar-refractivity contribution is 0.129. The Morgan fingerprint density at radius 1 is 1.27 bits per heavy atom. The second-order valence-corrected chi connectivity index (χ2v) is 6.91.